The monoisotopic (exact) mass is 147 g/mol. The highest BCUT2D eigenvalue weighted by Gasteiger charge is 1.87. The lowest BCUT2D eigenvalue weighted by molar-refractivity contribution is 1.19. The number of rotatable bonds is 1. The van der Waals surface area contributed by atoms with E-state index in [1.807, 2.05) is 19.2 Å². The molecule has 1 heteroatoms. The maximum absolute atomic E-state index is 4.12. The van der Waals surface area contributed by atoms with Gasteiger partial charge in [-0.2, -0.15) is 0 Å². The van der Waals surface area contributed by atoms with Crippen molar-refractivity contribution in [1.82, 2.24) is 4.98 Å². The van der Waals surface area contributed by atoms with E-state index in [1.54, 1.807) is 0 Å². The summed E-state index contributed by atoms with van der Waals surface area (Å²) in [5.41, 5.74) is 3.62. The molecule has 0 unspecified atom stereocenters. The average molecular weight is 147 g/mol. The fourth-order valence-electron chi connectivity index (χ4n) is 0.991. The maximum atomic E-state index is 4.12. The standard InChI is InChI=1S/C10H13N/c1-8(2)6-10-4-5-11-9(3)7-10/h4-7H,1-3H3. The maximum Gasteiger partial charge on any atom is 0.0378 e. The third kappa shape index (κ3) is 2.54. The van der Waals surface area contributed by atoms with Gasteiger partial charge < -0.3 is 0 Å². The minimum atomic E-state index is 1.07. The third-order valence-corrected chi connectivity index (χ3v) is 1.38. The van der Waals surface area contributed by atoms with Gasteiger partial charge >= 0.3 is 0 Å². The van der Waals surface area contributed by atoms with Gasteiger partial charge in [0, 0.05) is 11.9 Å². The largest absolute Gasteiger partial charge is 0.262 e. The van der Waals surface area contributed by atoms with E-state index in [0.717, 1.165) is 5.69 Å². The first-order valence-corrected chi connectivity index (χ1v) is 3.76. The Hall–Kier alpha value is -1.11. The van der Waals surface area contributed by atoms with Crippen molar-refractivity contribution in [2.24, 2.45) is 0 Å². The number of nitrogens with zero attached hydrogens (tertiary/aromatic N) is 1. The molecule has 0 radical (unpaired) electrons. The van der Waals surface area contributed by atoms with Crippen LogP contribution in [0.15, 0.2) is 23.9 Å². The van der Waals surface area contributed by atoms with Gasteiger partial charge in [-0.25, -0.2) is 0 Å². The zero-order valence-corrected chi connectivity index (χ0v) is 7.26. The van der Waals surface area contributed by atoms with E-state index < -0.39 is 0 Å². The smallest absolute Gasteiger partial charge is 0.0378 e. The molecule has 0 saturated carbocycles. The Morgan fingerprint density at radius 2 is 2.18 bits per heavy atom. The highest BCUT2D eigenvalue weighted by Crippen LogP contribution is 2.05. The zero-order chi connectivity index (χ0) is 8.27. The summed E-state index contributed by atoms with van der Waals surface area (Å²) in [7, 11) is 0. The first-order chi connectivity index (χ1) is 5.18. The number of allylic oxidation sites excluding steroid dienone is 1. The van der Waals surface area contributed by atoms with Crippen molar-refractivity contribution in [2.75, 3.05) is 0 Å². The molecule has 0 bridgehead atoms. The van der Waals surface area contributed by atoms with Crippen LogP contribution in [0.4, 0.5) is 0 Å². The molecule has 1 aromatic heterocycles. The molecule has 0 spiro atoms. The van der Waals surface area contributed by atoms with Crippen LogP contribution in [0.1, 0.15) is 25.1 Å². The van der Waals surface area contributed by atoms with Crippen molar-refractivity contribution >= 4 is 6.08 Å². The Bertz CT molecular complexity index is 270. The van der Waals surface area contributed by atoms with Gasteiger partial charge in [-0.1, -0.05) is 11.6 Å². The van der Waals surface area contributed by atoms with Crippen molar-refractivity contribution in [3.63, 3.8) is 0 Å². The Kier molecular flexibility index (Phi) is 2.42. The van der Waals surface area contributed by atoms with E-state index in [4.69, 9.17) is 0 Å². The summed E-state index contributed by atoms with van der Waals surface area (Å²) >= 11 is 0. The summed E-state index contributed by atoms with van der Waals surface area (Å²) in [5, 5.41) is 0. The summed E-state index contributed by atoms with van der Waals surface area (Å²) in [6.45, 7) is 6.19. The molecular formula is C10H13N. The lowest BCUT2D eigenvalue weighted by Crippen LogP contribution is -1.80. The molecule has 1 aromatic rings. The molecule has 0 aliphatic heterocycles. The van der Waals surface area contributed by atoms with Gasteiger partial charge in [-0.15, -0.1) is 0 Å². The second kappa shape index (κ2) is 3.33. The van der Waals surface area contributed by atoms with Crippen LogP contribution in [-0.2, 0) is 0 Å². The minimum absolute atomic E-state index is 1.07. The third-order valence-electron chi connectivity index (χ3n) is 1.38. The topological polar surface area (TPSA) is 12.9 Å². The van der Waals surface area contributed by atoms with Gasteiger partial charge in [0.1, 0.15) is 0 Å². The lowest BCUT2D eigenvalue weighted by atomic mass is 10.2. The quantitative estimate of drug-likeness (QED) is 0.595. The molecule has 0 aliphatic rings. The molecular weight excluding hydrogens is 134 g/mol. The van der Waals surface area contributed by atoms with Crippen LogP contribution in [0.25, 0.3) is 6.08 Å². The van der Waals surface area contributed by atoms with Crippen LogP contribution in [0.2, 0.25) is 0 Å². The van der Waals surface area contributed by atoms with Crippen molar-refractivity contribution < 1.29 is 0 Å². The van der Waals surface area contributed by atoms with Crippen molar-refractivity contribution in [3.8, 4) is 0 Å². The first kappa shape index (κ1) is 7.99. The fraction of sp³-hybridized carbons (Fsp3) is 0.300. The summed E-state index contributed by atoms with van der Waals surface area (Å²) in [6, 6.07) is 4.09. The second-order valence-electron chi connectivity index (χ2n) is 2.95. The van der Waals surface area contributed by atoms with Crippen LogP contribution < -0.4 is 0 Å². The summed E-state index contributed by atoms with van der Waals surface area (Å²) in [4.78, 5) is 4.12. The van der Waals surface area contributed by atoms with Gasteiger partial charge in [0.05, 0.1) is 0 Å². The molecule has 1 rings (SSSR count). The molecule has 11 heavy (non-hydrogen) atoms. The number of hydrogen-bond donors (Lipinski definition) is 0. The molecule has 1 heterocycles. The second-order valence-corrected chi connectivity index (χ2v) is 2.95. The van der Waals surface area contributed by atoms with Gasteiger partial charge in [0.15, 0.2) is 0 Å². The minimum Gasteiger partial charge on any atom is -0.262 e. The van der Waals surface area contributed by atoms with Gasteiger partial charge in [-0.05, 0) is 38.5 Å². The molecule has 0 saturated heterocycles. The van der Waals surface area contributed by atoms with Crippen LogP contribution in [0.5, 0.6) is 0 Å². The van der Waals surface area contributed by atoms with E-state index in [-0.39, 0.29) is 0 Å². The van der Waals surface area contributed by atoms with Gasteiger partial charge in [0.2, 0.25) is 0 Å². The molecule has 0 amide bonds. The van der Waals surface area contributed by atoms with Crippen molar-refractivity contribution in [1.29, 1.82) is 0 Å². The van der Waals surface area contributed by atoms with E-state index in [0.29, 0.717) is 0 Å². The molecule has 0 N–H and O–H groups in total. The average Bonchev–Trinajstić information content (AvgIpc) is 1.85. The van der Waals surface area contributed by atoms with Crippen molar-refractivity contribution in [2.45, 2.75) is 20.8 Å². The Balaban J connectivity index is 2.97. The number of pyridine rings is 1. The zero-order valence-electron chi connectivity index (χ0n) is 7.26. The van der Waals surface area contributed by atoms with Crippen molar-refractivity contribution in [3.05, 3.63) is 35.2 Å². The summed E-state index contributed by atoms with van der Waals surface area (Å²) in [5.74, 6) is 0. The molecule has 0 atom stereocenters. The molecule has 58 valence electrons. The van der Waals surface area contributed by atoms with Crippen LogP contribution in [0.3, 0.4) is 0 Å². The summed E-state index contributed by atoms with van der Waals surface area (Å²) in [6.07, 6.45) is 3.98. The predicted octanol–water partition coefficient (Wildman–Crippen LogP) is 2.81. The Morgan fingerprint density at radius 1 is 1.45 bits per heavy atom. The molecule has 0 aromatic carbocycles. The summed E-state index contributed by atoms with van der Waals surface area (Å²) < 4.78 is 0. The highest BCUT2D eigenvalue weighted by atomic mass is 14.6. The number of hydrogen-bond acceptors (Lipinski definition) is 1. The lowest BCUT2D eigenvalue weighted by Gasteiger charge is -1.95. The van der Waals surface area contributed by atoms with E-state index >= 15 is 0 Å². The van der Waals surface area contributed by atoms with E-state index in [2.05, 4.69) is 31.0 Å². The van der Waals surface area contributed by atoms with Gasteiger partial charge in [-0.3, -0.25) is 4.98 Å². The van der Waals surface area contributed by atoms with Gasteiger partial charge in [0.25, 0.3) is 0 Å². The van der Waals surface area contributed by atoms with Crippen LogP contribution in [0, 0.1) is 6.92 Å². The predicted molar refractivity (Wildman–Crippen MR) is 48.3 cm³/mol. The first-order valence-electron chi connectivity index (χ1n) is 3.76. The molecule has 0 fully saturated rings. The molecule has 1 nitrogen and oxygen atoms in total. The number of aromatic nitrogens is 1. The fourth-order valence-corrected chi connectivity index (χ4v) is 0.991. The normalized spacial score (nSPS) is 9.36. The molecule has 0 aliphatic carbocycles. The van der Waals surface area contributed by atoms with E-state index in [1.165, 1.54) is 11.1 Å². The highest BCUT2D eigenvalue weighted by molar-refractivity contribution is 5.51. The van der Waals surface area contributed by atoms with Crippen LogP contribution >= 0.6 is 0 Å². The number of aryl methyl sites for hydroxylation is 1. The SMILES string of the molecule is CC(C)=Cc1ccnc(C)c1. The Labute approximate surface area is 67.8 Å². The van der Waals surface area contributed by atoms with Crippen LogP contribution in [-0.4, -0.2) is 4.98 Å². The Morgan fingerprint density at radius 3 is 2.73 bits per heavy atom. The van der Waals surface area contributed by atoms with E-state index in [9.17, 15) is 0 Å².